The number of hydrogen-bond acceptors (Lipinski definition) is 5. The van der Waals surface area contributed by atoms with Gasteiger partial charge in [-0.25, -0.2) is 9.97 Å². The molecule has 1 fully saturated rings. The zero-order valence-corrected chi connectivity index (χ0v) is 13.5. The summed E-state index contributed by atoms with van der Waals surface area (Å²) in [6.45, 7) is 7.23. The lowest BCUT2D eigenvalue weighted by Gasteiger charge is -2.40. The van der Waals surface area contributed by atoms with E-state index >= 15 is 0 Å². The molecule has 0 spiro atoms. The number of thioether (sulfide) groups is 1. The van der Waals surface area contributed by atoms with Gasteiger partial charge in [0.25, 0.3) is 0 Å². The number of aromatic nitrogens is 2. The highest BCUT2D eigenvalue weighted by molar-refractivity contribution is 7.99. The second kappa shape index (κ2) is 6.87. The maximum atomic E-state index is 9.74. The Balaban J connectivity index is 2.05. The Labute approximate surface area is 125 Å². The van der Waals surface area contributed by atoms with Crippen molar-refractivity contribution in [1.82, 2.24) is 15.3 Å². The molecule has 4 nitrogen and oxygen atoms in total. The third-order valence-electron chi connectivity index (χ3n) is 3.89. The first-order valence-corrected chi connectivity index (χ1v) is 8.30. The van der Waals surface area contributed by atoms with Crippen molar-refractivity contribution in [3.8, 4) is 0 Å². The number of rotatable bonds is 5. The van der Waals surface area contributed by atoms with Crippen molar-refractivity contribution in [2.24, 2.45) is 0 Å². The van der Waals surface area contributed by atoms with Gasteiger partial charge in [0.05, 0.1) is 6.61 Å². The summed E-state index contributed by atoms with van der Waals surface area (Å²) in [5.74, 6) is 0. The summed E-state index contributed by atoms with van der Waals surface area (Å²) in [4.78, 5) is 9.03. The first kappa shape index (κ1) is 15.7. The molecule has 2 unspecified atom stereocenters. The molecule has 0 aliphatic heterocycles. The number of aliphatic hydroxyl groups is 1. The van der Waals surface area contributed by atoms with E-state index in [9.17, 15) is 5.11 Å². The van der Waals surface area contributed by atoms with Gasteiger partial charge in [0, 0.05) is 22.2 Å². The number of nitrogens with one attached hydrogen (secondary N) is 1. The Hall–Kier alpha value is -0.650. The number of aliphatic hydroxyl groups excluding tert-OH is 1. The fourth-order valence-electron chi connectivity index (χ4n) is 3.04. The maximum absolute atomic E-state index is 9.74. The van der Waals surface area contributed by atoms with E-state index in [1.165, 1.54) is 6.42 Å². The van der Waals surface area contributed by atoms with Crippen LogP contribution in [0.2, 0.25) is 0 Å². The molecule has 1 aliphatic rings. The van der Waals surface area contributed by atoms with Crippen LogP contribution in [0.3, 0.4) is 0 Å². The molecule has 0 amide bonds. The summed E-state index contributed by atoms with van der Waals surface area (Å²) >= 11 is 1.76. The van der Waals surface area contributed by atoms with Crippen LogP contribution in [-0.4, -0.2) is 39.0 Å². The van der Waals surface area contributed by atoms with Crippen LogP contribution in [0.1, 0.15) is 44.0 Å². The van der Waals surface area contributed by atoms with Gasteiger partial charge in [0.2, 0.25) is 0 Å². The monoisotopic (exact) mass is 295 g/mol. The summed E-state index contributed by atoms with van der Waals surface area (Å²) in [7, 11) is 0. The molecule has 0 radical (unpaired) electrons. The minimum Gasteiger partial charge on any atom is -0.394 e. The van der Waals surface area contributed by atoms with Gasteiger partial charge in [-0.2, -0.15) is 0 Å². The van der Waals surface area contributed by atoms with Gasteiger partial charge in [-0.05, 0) is 45.7 Å². The van der Waals surface area contributed by atoms with Crippen LogP contribution >= 0.6 is 11.8 Å². The Morgan fingerprint density at radius 2 is 2.10 bits per heavy atom. The normalized spacial score (nSPS) is 26.7. The molecule has 2 N–H and O–H groups in total. The zero-order valence-electron chi connectivity index (χ0n) is 12.6. The Morgan fingerprint density at radius 3 is 2.70 bits per heavy atom. The molecule has 1 aromatic rings. The lowest BCUT2D eigenvalue weighted by atomic mass is 9.82. The smallest absolute Gasteiger partial charge is 0.188 e. The summed E-state index contributed by atoms with van der Waals surface area (Å²) in [5.41, 5.74) is 1.94. The van der Waals surface area contributed by atoms with Crippen LogP contribution in [-0.2, 0) is 0 Å². The summed E-state index contributed by atoms with van der Waals surface area (Å²) < 4.78 is 0. The maximum Gasteiger partial charge on any atom is 0.188 e. The topological polar surface area (TPSA) is 58.0 Å². The van der Waals surface area contributed by atoms with Crippen LogP contribution in [0.15, 0.2) is 11.2 Å². The van der Waals surface area contributed by atoms with Gasteiger partial charge >= 0.3 is 0 Å². The van der Waals surface area contributed by atoms with E-state index in [2.05, 4.69) is 22.2 Å². The number of likely N-dealkylation sites (N-methyl/N-ethyl adjacent to an activating group) is 1. The molecule has 2 rings (SSSR count). The van der Waals surface area contributed by atoms with Gasteiger partial charge in [0.15, 0.2) is 5.16 Å². The number of hydrogen-bond donors (Lipinski definition) is 2. The first-order valence-electron chi connectivity index (χ1n) is 7.42. The van der Waals surface area contributed by atoms with E-state index in [0.29, 0.717) is 5.25 Å². The highest BCUT2D eigenvalue weighted by Gasteiger charge is 2.35. The number of aryl methyl sites for hydroxylation is 2. The van der Waals surface area contributed by atoms with Crippen LogP contribution < -0.4 is 5.32 Å². The molecule has 0 saturated heterocycles. The van der Waals surface area contributed by atoms with Crippen molar-refractivity contribution < 1.29 is 5.11 Å². The zero-order chi connectivity index (χ0) is 14.6. The van der Waals surface area contributed by atoms with Crippen LogP contribution in [0, 0.1) is 13.8 Å². The van der Waals surface area contributed by atoms with Crippen LogP contribution in [0.4, 0.5) is 0 Å². The Morgan fingerprint density at radius 1 is 1.40 bits per heavy atom. The lowest BCUT2D eigenvalue weighted by Crippen LogP contribution is -2.52. The average Bonchev–Trinajstić information content (AvgIpc) is 2.38. The quantitative estimate of drug-likeness (QED) is 0.817. The molecular weight excluding hydrogens is 270 g/mol. The molecular formula is C15H25N3OS. The van der Waals surface area contributed by atoms with Crippen molar-refractivity contribution in [2.75, 3.05) is 13.2 Å². The van der Waals surface area contributed by atoms with Crippen molar-refractivity contribution in [3.05, 3.63) is 17.5 Å². The minimum absolute atomic E-state index is 0.108. The SMILES string of the molecule is CCNC1(CO)CCCC(Sc2nc(C)cc(C)n2)C1. The fourth-order valence-corrected chi connectivity index (χ4v) is 4.42. The van der Waals surface area contributed by atoms with E-state index in [1.807, 2.05) is 19.9 Å². The largest absolute Gasteiger partial charge is 0.394 e. The Kier molecular flexibility index (Phi) is 5.41. The molecule has 0 bridgehead atoms. The second-order valence-electron chi connectivity index (χ2n) is 5.74. The molecule has 1 aliphatic carbocycles. The summed E-state index contributed by atoms with van der Waals surface area (Å²) in [6, 6.07) is 2.00. The fraction of sp³-hybridized carbons (Fsp3) is 0.733. The predicted molar refractivity (Wildman–Crippen MR) is 83.1 cm³/mol. The van der Waals surface area contributed by atoms with E-state index in [-0.39, 0.29) is 12.1 Å². The highest BCUT2D eigenvalue weighted by atomic mass is 32.2. The second-order valence-corrected chi connectivity index (χ2v) is 7.01. The molecule has 2 atom stereocenters. The van der Waals surface area contributed by atoms with Crippen molar-refractivity contribution in [1.29, 1.82) is 0 Å². The molecule has 1 heterocycles. The van der Waals surface area contributed by atoms with Gasteiger partial charge in [-0.3, -0.25) is 0 Å². The molecule has 5 heteroatoms. The lowest BCUT2D eigenvalue weighted by molar-refractivity contribution is 0.125. The Bertz CT molecular complexity index is 430. The van der Waals surface area contributed by atoms with Crippen LogP contribution in [0.25, 0.3) is 0 Å². The molecule has 0 aromatic carbocycles. The van der Waals surface area contributed by atoms with Gasteiger partial charge < -0.3 is 10.4 Å². The third-order valence-corrected chi connectivity index (χ3v) is 5.02. The summed E-state index contributed by atoms with van der Waals surface area (Å²) in [5, 5.41) is 14.6. The van der Waals surface area contributed by atoms with E-state index in [0.717, 1.165) is 42.4 Å². The van der Waals surface area contributed by atoms with Crippen molar-refractivity contribution in [3.63, 3.8) is 0 Å². The molecule has 112 valence electrons. The van der Waals surface area contributed by atoms with Crippen LogP contribution in [0.5, 0.6) is 0 Å². The molecule has 1 aromatic heterocycles. The standard InChI is InChI=1S/C15H25N3OS/c1-4-16-15(10-19)7-5-6-13(9-15)20-14-17-11(2)8-12(3)18-14/h8,13,16,19H,4-7,9-10H2,1-3H3. The molecule has 20 heavy (non-hydrogen) atoms. The highest BCUT2D eigenvalue weighted by Crippen LogP contribution is 2.37. The average molecular weight is 295 g/mol. The van der Waals surface area contributed by atoms with E-state index in [4.69, 9.17) is 0 Å². The van der Waals surface area contributed by atoms with Gasteiger partial charge in [-0.1, -0.05) is 25.1 Å². The van der Waals surface area contributed by atoms with Crippen molar-refractivity contribution >= 4 is 11.8 Å². The first-order chi connectivity index (χ1) is 9.57. The minimum atomic E-state index is -0.108. The third kappa shape index (κ3) is 3.93. The van der Waals surface area contributed by atoms with Gasteiger partial charge in [-0.15, -0.1) is 0 Å². The van der Waals surface area contributed by atoms with Gasteiger partial charge in [0.1, 0.15) is 0 Å². The predicted octanol–water partition coefficient (Wildman–Crippen LogP) is 2.47. The van der Waals surface area contributed by atoms with E-state index < -0.39 is 0 Å². The molecule has 1 saturated carbocycles. The van der Waals surface area contributed by atoms with Crippen molar-refractivity contribution in [2.45, 2.75) is 62.4 Å². The number of nitrogens with zero attached hydrogens (tertiary/aromatic N) is 2. The van der Waals surface area contributed by atoms with E-state index in [1.54, 1.807) is 11.8 Å². The summed E-state index contributed by atoms with van der Waals surface area (Å²) in [6.07, 6.45) is 4.37.